The van der Waals surface area contributed by atoms with Crippen LogP contribution < -0.4 is 0 Å². The number of aliphatic hydroxyl groups excluding tert-OH is 1. The van der Waals surface area contributed by atoms with Crippen molar-refractivity contribution in [1.82, 2.24) is 0 Å². The molecule has 7 heteroatoms. The molecule has 114 valence electrons. The lowest BCUT2D eigenvalue weighted by molar-refractivity contribution is -0.222. The SMILES string of the molecule is CCCCCCSC(OC(=O)CC)C(O)C(F)(F)F. The van der Waals surface area contributed by atoms with Crippen molar-refractivity contribution in [3.8, 4) is 0 Å². The Morgan fingerprint density at radius 3 is 2.37 bits per heavy atom. The van der Waals surface area contributed by atoms with Crippen LogP contribution in [0.1, 0.15) is 46.0 Å². The maximum Gasteiger partial charge on any atom is 0.418 e. The Kier molecular flexibility index (Phi) is 9.26. The second-order valence-electron chi connectivity index (χ2n) is 4.13. The predicted octanol–water partition coefficient (Wildman–Crippen LogP) is 3.50. The standard InChI is InChI=1S/C12H21F3O3S/c1-3-5-6-7-8-19-11(18-9(16)4-2)10(17)12(13,14)15/h10-11,17H,3-8H2,1-2H3. The molecule has 0 aromatic heterocycles. The van der Waals surface area contributed by atoms with Crippen molar-refractivity contribution < 1.29 is 27.8 Å². The molecule has 19 heavy (non-hydrogen) atoms. The fourth-order valence-corrected chi connectivity index (χ4v) is 2.40. The number of unbranched alkanes of at least 4 members (excludes halogenated alkanes) is 3. The molecule has 3 nitrogen and oxygen atoms in total. The number of thioether (sulfide) groups is 1. The number of esters is 1. The van der Waals surface area contributed by atoms with E-state index >= 15 is 0 Å². The van der Waals surface area contributed by atoms with E-state index < -0.39 is 23.7 Å². The summed E-state index contributed by atoms with van der Waals surface area (Å²) in [5.74, 6) is -0.316. The normalized spacial score (nSPS) is 15.1. The largest absolute Gasteiger partial charge is 0.448 e. The fraction of sp³-hybridized carbons (Fsp3) is 0.917. The van der Waals surface area contributed by atoms with Crippen molar-refractivity contribution >= 4 is 17.7 Å². The second-order valence-corrected chi connectivity index (χ2v) is 5.34. The molecule has 0 amide bonds. The van der Waals surface area contributed by atoms with Crippen molar-refractivity contribution in [3.05, 3.63) is 0 Å². The van der Waals surface area contributed by atoms with Crippen LogP contribution >= 0.6 is 11.8 Å². The minimum absolute atomic E-state index is 0.0164. The summed E-state index contributed by atoms with van der Waals surface area (Å²) in [5, 5.41) is 9.17. The zero-order chi connectivity index (χ0) is 14.9. The summed E-state index contributed by atoms with van der Waals surface area (Å²) in [6.07, 6.45) is -3.74. The molecule has 0 heterocycles. The van der Waals surface area contributed by atoms with Gasteiger partial charge in [0.2, 0.25) is 0 Å². The molecule has 0 aliphatic rings. The van der Waals surface area contributed by atoms with Gasteiger partial charge in [0.1, 0.15) is 0 Å². The van der Waals surface area contributed by atoms with Gasteiger partial charge in [-0.05, 0) is 12.2 Å². The Balaban J connectivity index is 4.30. The predicted molar refractivity (Wildman–Crippen MR) is 68.8 cm³/mol. The molecule has 0 aliphatic carbocycles. The number of rotatable bonds is 9. The zero-order valence-corrected chi connectivity index (χ0v) is 12.0. The molecule has 2 unspecified atom stereocenters. The summed E-state index contributed by atoms with van der Waals surface area (Å²) in [7, 11) is 0. The Hall–Kier alpha value is -0.430. The van der Waals surface area contributed by atoms with Crippen LogP contribution in [-0.2, 0) is 9.53 Å². The van der Waals surface area contributed by atoms with E-state index in [0.29, 0.717) is 5.75 Å². The molecular formula is C12H21F3O3S. The van der Waals surface area contributed by atoms with Gasteiger partial charge in [-0.3, -0.25) is 4.79 Å². The van der Waals surface area contributed by atoms with Crippen LogP contribution in [0.5, 0.6) is 0 Å². The average Bonchev–Trinajstić information content (AvgIpc) is 2.34. The van der Waals surface area contributed by atoms with Gasteiger partial charge in [0.15, 0.2) is 11.5 Å². The monoisotopic (exact) mass is 302 g/mol. The fourth-order valence-electron chi connectivity index (χ4n) is 1.29. The van der Waals surface area contributed by atoms with E-state index in [9.17, 15) is 18.0 Å². The van der Waals surface area contributed by atoms with Crippen LogP contribution in [0.15, 0.2) is 0 Å². The molecule has 0 saturated carbocycles. The van der Waals surface area contributed by atoms with E-state index in [1.54, 1.807) is 0 Å². The quantitative estimate of drug-likeness (QED) is 0.402. The highest BCUT2D eigenvalue weighted by Crippen LogP contribution is 2.30. The highest BCUT2D eigenvalue weighted by atomic mass is 32.2. The van der Waals surface area contributed by atoms with Crippen LogP contribution in [0.2, 0.25) is 0 Å². The maximum absolute atomic E-state index is 12.4. The van der Waals surface area contributed by atoms with Gasteiger partial charge in [-0.15, -0.1) is 11.8 Å². The lowest BCUT2D eigenvalue weighted by atomic mass is 10.2. The summed E-state index contributed by atoms with van der Waals surface area (Å²) < 4.78 is 41.9. The number of alkyl halides is 3. The Labute approximate surface area is 115 Å². The van der Waals surface area contributed by atoms with Gasteiger partial charge in [-0.1, -0.05) is 33.1 Å². The van der Waals surface area contributed by atoms with E-state index in [-0.39, 0.29) is 6.42 Å². The first-order valence-electron chi connectivity index (χ1n) is 6.38. The third-order valence-corrected chi connectivity index (χ3v) is 3.62. The maximum atomic E-state index is 12.4. The van der Waals surface area contributed by atoms with Crippen molar-refractivity contribution in [2.75, 3.05) is 5.75 Å². The zero-order valence-electron chi connectivity index (χ0n) is 11.2. The number of carbonyl (C=O) groups is 1. The molecule has 0 fully saturated rings. The lowest BCUT2D eigenvalue weighted by Gasteiger charge is -2.24. The molecule has 0 rings (SSSR count). The number of carbonyl (C=O) groups excluding carboxylic acids is 1. The van der Waals surface area contributed by atoms with Crippen LogP contribution in [0.3, 0.4) is 0 Å². The van der Waals surface area contributed by atoms with E-state index in [2.05, 4.69) is 4.74 Å². The smallest absolute Gasteiger partial charge is 0.418 e. The molecule has 1 N–H and O–H groups in total. The average molecular weight is 302 g/mol. The van der Waals surface area contributed by atoms with Gasteiger partial charge >= 0.3 is 12.1 Å². The summed E-state index contributed by atoms with van der Waals surface area (Å²) in [6, 6.07) is 0. The topological polar surface area (TPSA) is 46.5 Å². The van der Waals surface area contributed by atoms with Gasteiger partial charge in [0.05, 0.1) is 0 Å². The molecule has 0 aliphatic heterocycles. The minimum Gasteiger partial charge on any atom is -0.448 e. The molecule has 0 saturated heterocycles. The number of aliphatic hydroxyl groups is 1. The van der Waals surface area contributed by atoms with Gasteiger partial charge in [-0.2, -0.15) is 13.2 Å². The number of hydrogen-bond donors (Lipinski definition) is 1. The Bertz CT molecular complexity index is 259. The number of hydrogen-bond acceptors (Lipinski definition) is 4. The molecule has 0 bridgehead atoms. The molecule has 0 aromatic carbocycles. The van der Waals surface area contributed by atoms with Crippen LogP contribution in [0.4, 0.5) is 13.2 Å². The third-order valence-electron chi connectivity index (χ3n) is 2.41. The van der Waals surface area contributed by atoms with Crippen LogP contribution in [0, 0.1) is 0 Å². The van der Waals surface area contributed by atoms with E-state index in [0.717, 1.165) is 37.4 Å². The van der Waals surface area contributed by atoms with Gasteiger partial charge in [0, 0.05) is 6.42 Å². The molecule has 0 aromatic rings. The summed E-state index contributed by atoms with van der Waals surface area (Å²) >= 11 is 0.838. The minimum atomic E-state index is -4.78. The number of halogens is 3. The van der Waals surface area contributed by atoms with E-state index in [1.807, 2.05) is 6.92 Å². The van der Waals surface area contributed by atoms with Crippen molar-refractivity contribution in [2.45, 2.75) is 63.7 Å². The summed E-state index contributed by atoms with van der Waals surface area (Å²) in [4.78, 5) is 11.1. The van der Waals surface area contributed by atoms with Crippen molar-refractivity contribution in [2.24, 2.45) is 0 Å². The Morgan fingerprint density at radius 1 is 1.26 bits per heavy atom. The highest BCUT2D eigenvalue weighted by Gasteiger charge is 2.45. The van der Waals surface area contributed by atoms with E-state index in [4.69, 9.17) is 5.11 Å². The van der Waals surface area contributed by atoms with Gasteiger partial charge in [-0.25, -0.2) is 0 Å². The molecule has 2 atom stereocenters. The van der Waals surface area contributed by atoms with Crippen LogP contribution in [0.25, 0.3) is 0 Å². The molecular weight excluding hydrogens is 281 g/mol. The lowest BCUT2D eigenvalue weighted by Crippen LogP contribution is -2.40. The van der Waals surface area contributed by atoms with Crippen molar-refractivity contribution in [1.29, 1.82) is 0 Å². The third kappa shape index (κ3) is 8.36. The first kappa shape index (κ1) is 18.6. The summed E-state index contributed by atoms with van der Waals surface area (Å²) in [5.41, 5.74) is -1.57. The molecule has 0 spiro atoms. The van der Waals surface area contributed by atoms with Crippen LogP contribution in [-0.4, -0.2) is 34.5 Å². The second kappa shape index (κ2) is 9.47. The van der Waals surface area contributed by atoms with Crippen molar-refractivity contribution in [3.63, 3.8) is 0 Å². The van der Waals surface area contributed by atoms with E-state index in [1.165, 1.54) is 6.92 Å². The molecule has 0 radical (unpaired) electrons. The first-order chi connectivity index (χ1) is 8.82. The Morgan fingerprint density at radius 2 is 1.89 bits per heavy atom. The number of ether oxygens (including phenoxy) is 1. The highest BCUT2D eigenvalue weighted by molar-refractivity contribution is 7.99. The first-order valence-corrected chi connectivity index (χ1v) is 7.43. The van der Waals surface area contributed by atoms with Gasteiger partial charge < -0.3 is 9.84 Å². The van der Waals surface area contributed by atoms with Gasteiger partial charge in [0.25, 0.3) is 0 Å². The summed E-state index contributed by atoms with van der Waals surface area (Å²) in [6.45, 7) is 3.53.